The van der Waals surface area contributed by atoms with Crippen molar-refractivity contribution in [2.75, 3.05) is 6.61 Å². The molecule has 0 fully saturated rings. The molecule has 130 valence electrons. The Morgan fingerprint density at radius 3 is 2.68 bits per heavy atom. The van der Waals surface area contributed by atoms with Gasteiger partial charge in [-0.15, -0.1) is 0 Å². The van der Waals surface area contributed by atoms with Crippen molar-refractivity contribution in [2.24, 2.45) is 0 Å². The average molecular weight is 337 g/mol. The Hall–Kier alpha value is -2.82. The molecule has 1 atom stereocenters. The van der Waals surface area contributed by atoms with Crippen molar-refractivity contribution in [3.63, 3.8) is 0 Å². The normalized spacial score (nSPS) is 12.1. The van der Waals surface area contributed by atoms with E-state index in [1.165, 1.54) is 5.56 Å². The molecule has 1 aromatic heterocycles. The number of ether oxygens (including phenoxy) is 1. The van der Waals surface area contributed by atoms with Crippen molar-refractivity contribution in [2.45, 2.75) is 32.9 Å². The van der Waals surface area contributed by atoms with Crippen LogP contribution in [0.1, 0.15) is 31.3 Å². The van der Waals surface area contributed by atoms with E-state index in [2.05, 4.69) is 33.9 Å². The molecule has 3 aromatic rings. The number of amides is 1. The van der Waals surface area contributed by atoms with Crippen LogP contribution in [0.15, 0.2) is 48.5 Å². The number of benzene rings is 2. The maximum Gasteiger partial charge on any atom is 0.207 e. The smallest absolute Gasteiger partial charge is 0.207 e. The molecule has 1 unspecified atom stereocenters. The Bertz CT molecular complexity index is 840. The second-order valence-corrected chi connectivity index (χ2v) is 5.96. The fraction of sp³-hybridized carbons (Fsp3) is 0.300. The Morgan fingerprint density at radius 1 is 1.20 bits per heavy atom. The number of carbonyl (C=O) groups is 1. The largest absolute Gasteiger partial charge is 0.492 e. The van der Waals surface area contributed by atoms with Gasteiger partial charge >= 0.3 is 0 Å². The number of nitrogens with one attached hydrogen (secondary N) is 1. The summed E-state index contributed by atoms with van der Waals surface area (Å²) >= 11 is 0. The number of hydrogen-bond donors (Lipinski definition) is 1. The van der Waals surface area contributed by atoms with Crippen LogP contribution in [0, 0.1) is 0 Å². The third-order valence-electron chi connectivity index (χ3n) is 4.30. The molecule has 2 aromatic carbocycles. The molecule has 3 rings (SSSR count). The first-order valence-electron chi connectivity index (χ1n) is 8.59. The van der Waals surface area contributed by atoms with Crippen LogP contribution in [0.2, 0.25) is 0 Å². The molecule has 0 aliphatic carbocycles. The molecule has 1 N–H and O–H groups in total. The molecular weight excluding hydrogens is 314 g/mol. The summed E-state index contributed by atoms with van der Waals surface area (Å²) in [5, 5.41) is 2.78. The molecule has 0 saturated heterocycles. The number of carbonyl (C=O) groups excluding carboxylic acids is 1. The van der Waals surface area contributed by atoms with Crippen LogP contribution in [0.4, 0.5) is 0 Å². The monoisotopic (exact) mass is 337 g/mol. The van der Waals surface area contributed by atoms with Crippen LogP contribution < -0.4 is 10.1 Å². The van der Waals surface area contributed by atoms with Crippen LogP contribution in [0.5, 0.6) is 5.75 Å². The van der Waals surface area contributed by atoms with E-state index in [1.807, 2.05) is 43.3 Å². The fourth-order valence-electron chi connectivity index (χ4n) is 2.91. The van der Waals surface area contributed by atoms with E-state index in [0.29, 0.717) is 19.6 Å². The quantitative estimate of drug-likeness (QED) is 0.640. The number of nitrogens with zero attached hydrogens (tertiary/aromatic N) is 2. The highest BCUT2D eigenvalue weighted by Gasteiger charge is 2.15. The summed E-state index contributed by atoms with van der Waals surface area (Å²) in [4.78, 5) is 15.5. The second-order valence-electron chi connectivity index (χ2n) is 5.96. The summed E-state index contributed by atoms with van der Waals surface area (Å²) in [5.41, 5.74) is 3.26. The minimum atomic E-state index is -0.159. The molecule has 0 spiro atoms. The molecule has 0 aliphatic rings. The lowest BCUT2D eigenvalue weighted by molar-refractivity contribution is -0.110. The van der Waals surface area contributed by atoms with Crippen molar-refractivity contribution in [3.05, 3.63) is 59.9 Å². The van der Waals surface area contributed by atoms with E-state index >= 15 is 0 Å². The van der Waals surface area contributed by atoms with Crippen molar-refractivity contribution < 1.29 is 9.53 Å². The Labute approximate surface area is 147 Å². The van der Waals surface area contributed by atoms with Gasteiger partial charge in [-0.25, -0.2) is 4.98 Å². The molecule has 1 heterocycles. The summed E-state index contributed by atoms with van der Waals surface area (Å²) < 4.78 is 7.99. The van der Waals surface area contributed by atoms with Gasteiger partial charge in [-0.05, 0) is 43.2 Å². The van der Waals surface area contributed by atoms with Crippen molar-refractivity contribution in [1.82, 2.24) is 14.9 Å². The Balaban J connectivity index is 1.76. The predicted octanol–water partition coefficient (Wildman–Crippen LogP) is 3.48. The van der Waals surface area contributed by atoms with Crippen LogP contribution in [0.3, 0.4) is 0 Å². The zero-order valence-electron chi connectivity index (χ0n) is 14.6. The van der Waals surface area contributed by atoms with Gasteiger partial charge < -0.3 is 14.6 Å². The minimum Gasteiger partial charge on any atom is -0.492 e. The van der Waals surface area contributed by atoms with Crippen molar-refractivity contribution >= 4 is 17.4 Å². The molecule has 0 saturated carbocycles. The lowest BCUT2D eigenvalue weighted by Gasteiger charge is -2.14. The number of aromatic nitrogens is 2. The van der Waals surface area contributed by atoms with Gasteiger partial charge in [0.25, 0.3) is 0 Å². The minimum absolute atomic E-state index is 0.159. The Kier molecular flexibility index (Phi) is 5.33. The topological polar surface area (TPSA) is 56.1 Å². The van der Waals surface area contributed by atoms with Crippen LogP contribution in [-0.2, 0) is 17.8 Å². The summed E-state index contributed by atoms with van der Waals surface area (Å²) in [5.74, 6) is 1.69. The molecular formula is C20H23N3O2. The number of fused-ring (bicyclic) bond motifs is 1. The van der Waals surface area contributed by atoms with E-state index in [-0.39, 0.29) is 6.04 Å². The first-order valence-corrected chi connectivity index (χ1v) is 8.59. The van der Waals surface area contributed by atoms with Crippen LogP contribution >= 0.6 is 0 Å². The third-order valence-corrected chi connectivity index (χ3v) is 4.30. The van der Waals surface area contributed by atoms with Gasteiger partial charge in [-0.3, -0.25) is 4.79 Å². The number of rotatable bonds is 8. The Morgan fingerprint density at radius 2 is 1.96 bits per heavy atom. The van der Waals surface area contributed by atoms with Gasteiger partial charge in [0, 0.05) is 0 Å². The zero-order chi connectivity index (χ0) is 17.6. The van der Waals surface area contributed by atoms with E-state index in [9.17, 15) is 4.79 Å². The first-order chi connectivity index (χ1) is 12.2. The van der Waals surface area contributed by atoms with Crippen molar-refractivity contribution in [1.29, 1.82) is 0 Å². The maximum atomic E-state index is 10.8. The van der Waals surface area contributed by atoms with E-state index in [1.54, 1.807) is 0 Å². The highest BCUT2D eigenvalue weighted by Crippen LogP contribution is 2.21. The molecule has 1 amide bonds. The molecule has 25 heavy (non-hydrogen) atoms. The molecule has 0 radical (unpaired) electrons. The van der Waals surface area contributed by atoms with Gasteiger partial charge in [0.1, 0.15) is 18.2 Å². The summed E-state index contributed by atoms with van der Waals surface area (Å²) in [7, 11) is 0. The molecule has 5 nitrogen and oxygen atoms in total. The molecule has 0 bridgehead atoms. The molecule has 5 heteroatoms. The van der Waals surface area contributed by atoms with Crippen LogP contribution in [0.25, 0.3) is 11.0 Å². The first kappa shape index (κ1) is 17.0. The standard InChI is InChI=1S/C20H23N3O2/c1-3-16-8-10-17(11-9-16)25-13-12-23-19-7-5-4-6-18(19)22-20(23)15(2)21-14-24/h4-11,14-15H,3,12-13H2,1-2H3,(H,21,24). The summed E-state index contributed by atoms with van der Waals surface area (Å²) in [6.07, 6.45) is 1.73. The van der Waals surface area contributed by atoms with E-state index in [0.717, 1.165) is 29.0 Å². The van der Waals surface area contributed by atoms with Gasteiger partial charge in [-0.2, -0.15) is 0 Å². The lowest BCUT2D eigenvalue weighted by atomic mass is 10.2. The van der Waals surface area contributed by atoms with Gasteiger partial charge in [0.2, 0.25) is 6.41 Å². The van der Waals surface area contributed by atoms with E-state index < -0.39 is 0 Å². The van der Waals surface area contributed by atoms with Gasteiger partial charge in [0.15, 0.2) is 0 Å². The van der Waals surface area contributed by atoms with Gasteiger partial charge in [0.05, 0.1) is 23.6 Å². The summed E-state index contributed by atoms with van der Waals surface area (Å²) in [6.45, 7) is 5.26. The number of imidazole rings is 1. The SMILES string of the molecule is CCc1ccc(OCCn2c(C(C)NC=O)nc3ccccc32)cc1. The molecule has 0 aliphatic heterocycles. The van der Waals surface area contributed by atoms with Crippen molar-refractivity contribution in [3.8, 4) is 5.75 Å². The zero-order valence-corrected chi connectivity index (χ0v) is 14.6. The van der Waals surface area contributed by atoms with E-state index in [4.69, 9.17) is 4.74 Å². The summed E-state index contributed by atoms with van der Waals surface area (Å²) in [6, 6.07) is 16.0. The maximum absolute atomic E-state index is 10.8. The van der Waals surface area contributed by atoms with Gasteiger partial charge in [-0.1, -0.05) is 31.2 Å². The van der Waals surface area contributed by atoms with Crippen LogP contribution in [-0.4, -0.2) is 22.6 Å². The fourth-order valence-corrected chi connectivity index (χ4v) is 2.91. The predicted molar refractivity (Wildman–Crippen MR) is 98.7 cm³/mol. The number of aryl methyl sites for hydroxylation is 1. The third kappa shape index (κ3) is 3.82. The number of hydrogen-bond acceptors (Lipinski definition) is 3. The number of para-hydroxylation sites is 2. The average Bonchev–Trinajstić information content (AvgIpc) is 3.01. The lowest BCUT2D eigenvalue weighted by Crippen LogP contribution is -2.21. The second kappa shape index (κ2) is 7.83. The highest BCUT2D eigenvalue weighted by molar-refractivity contribution is 5.76. The highest BCUT2D eigenvalue weighted by atomic mass is 16.5.